The molecular formula is C28H32N4O4S. The topological polar surface area (TPSA) is 75.2 Å². The third-order valence-corrected chi connectivity index (χ3v) is 8.22. The Hall–Kier alpha value is -3.17. The molecule has 3 saturated heterocycles. The van der Waals surface area contributed by atoms with Gasteiger partial charge in [0.05, 0.1) is 16.1 Å². The largest absolute Gasteiger partial charge is 0.444 e. The molecule has 194 valence electrons. The van der Waals surface area contributed by atoms with Gasteiger partial charge in [-0.05, 0) is 57.0 Å². The molecular weight excluding hydrogens is 488 g/mol. The molecule has 4 heterocycles. The summed E-state index contributed by atoms with van der Waals surface area (Å²) in [7, 11) is 0. The van der Waals surface area contributed by atoms with Crippen molar-refractivity contribution in [1.29, 1.82) is 0 Å². The maximum atomic E-state index is 13.1. The van der Waals surface area contributed by atoms with Gasteiger partial charge in [-0.2, -0.15) is 0 Å². The number of amides is 2. The monoisotopic (exact) mass is 520 g/mol. The van der Waals surface area contributed by atoms with Crippen LogP contribution in [-0.4, -0.2) is 75.5 Å². The highest BCUT2D eigenvalue weighted by atomic mass is 32.1. The SMILES string of the molecule is CC(C)(C)OC(=O)N1CC(C(=O)N2CC3CC2CN3Cc2ccc(Oc3nc4ccccc4s3)cc2)C1. The lowest BCUT2D eigenvalue weighted by atomic mass is 9.98. The van der Waals surface area contributed by atoms with Gasteiger partial charge in [0, 0.05) is 44.8 Å². The Bertz CT molecular complexity index is 1280. The summed E-state index contributed by atoms with van der Waals surface area (Å²) < 4.78 is 12.5. The number of hydrogen-bond acceptors (Lipinski definition) is 7. The normalized spacial score (nSPS) is 21.9. The molecule has 1 aromatic heterocycles. The van der Waals surface area contributed by atoms with Crippen molar-refractivity contribution in [3.05, 3.63) is 54.1 Å². The van der Waals surface area contributed by atoms with Gasteiger partial charge in [-0.25, -0.2) is 9.78 Å². The fourth-order valence-corrected chi connectivity index (χ4v) is 6.29. The van der Waals surface area contributed by atoms with Gasteiger partial charge in [-0.1, -0.05) is 35.6 Å². The van der Waals surface area contributed by atoms with Crippen LogP contribution >= 0.6 is 11.3 Å². The number of likely N-dealkylation sites (tertiary alicyclic amines) is 3. The van der Waals surface area contributed by atoms with Gasteiger partial charge >= 0.3 is 6.09 Å². The summed E-state index contributed by atoms with van der Waals surface area (Å²) >= 11 is 1.54. The average molecular weight is 521 g/mol. The Morgan fingerprint density at radius 3 is 2.43 bits per heavy atom. The van der Waals surface area contributed by atoms with Crippen LogP contribution in [-0.2, 0) is 16.1 Å². The van der Waals surface area contributed by atoms with E-state index in [0.29, 0.717) is 24.3 Å². The molecule has 37 heavy (non-hydrogen) atoms. The van der Waals surface area contributed by atoms with E-state index in [0.717, 1.165) is 42.0 Å². The van der Waals surface area contributed by atoms with Crippen LogP contribution in [0.2, 0.25) is 0 Å². The van der Waals surface area contributed by atoms with Crippen LogP contribution in [0.5, 0.6) is 10.9 Å². The fraction of sp³-hybridized carbons (Fsp3) is 0.464. The Morgan fingerprint density at radius 2 is 1.76 bits per heavy atom. The maximum absolute atomic E-state index is 13.1. The number of fused-ring (bicyclic) bond motifs is 3. The van der Waals surface area contributed by atoms with E-state index < -0.39 is 5.60 Å². The molecule has 0 radical (unpaired) electrons. The molecule has 9 heteroatoms. The molecule has 3 aromatic rings. The molecule has 8 nitrogen and oxygen atoms in total. The second-order valence-electron chi connectivity index (χ2n) is 11.2. The average Bonchev–Trinajstić information content (AvgIpc) is 3.51. The van der Waals surface area contributed by atoms with Gasteiger partial charge in [0.2, 0.25) is 5.91 Å². The molecule has 2 bridgehead atoms. The molecule has 0 aliphatic carbocycles. The summed E-state index contributed by atoms with van der Waals surface area (Å²) in [5.74, 6) is 0.857. The van der Waals surface area contributed by atoms with Crippen molar-refractivity contribution in [1.82, 2.24) is 19.7 Å². The molecule has 3 aliphatic heterocycles. The molecule has 2 aromatic carbocycles. The van der Waals surface area contributed by atoms with E-state index in [2.05, 4.69) is 22.0 Å². The number of ether oxygens (including phenoxy) is 2. The minimum atomic E-state index is -0.520. The van der Waals surface area contributed by atoms with Crippen molar-refractivity contribution >= 4 is 33.6 Å². The van der Waals surface area contributed by atoms with E-state index in [1.54, 1.807) is 16.2 Å². The maximum Gasteiger partial charge on any atom is 0.410 e. The van der Waals surface area contributed by atoms with Crippen LogP contribution in [0.3, 0.4) is 0 Å². The summed E-state index contributed by atoms with van der Waals surface area (Å²) in [5.41, 5.74) is 1.66. The molecule has 2 amide bonds. The van der Waals surface area contributed by atoms with Crippen LogP contribution in [0.25, 0.3) is 10.2 Å². The Labute approximate surface area is 220 Å². The Balaban J connectivity index is 0.987. The highest BCUT2D eigenvalue weighted by Gasteiger charge is 2.48. The predicted molar refractivity (Wildman–Crippen MR) is 142 cm³/mol. The Kier molecular flexibility index (Phi) is 6.07. The number of thiazole rings is 1. The first-order valence-corrected chi connectivity index (χ1v) is 13.7. The minimum absolute atomic E-state index is 0.108. The van der Waals surface area contributed by atoms with E-state index in [-0.39, 0.29) is 24.0 Å². The summed E-state index contributed by atoms with van der Waals surface area (Å²) in [6.07, 6.45) is 0.690. The second-order valence-corrected chi connectivity index (χ2v) is 12.2. The van der Waals surface area contributed by atoms with Gasteiger partial charge in [0.25, 0.3) is 5.19 Å². The lowest BCUT2D eigenvalue weighted by Crippen LogP contribution is -2.59. The predicted octanol–water partition coefficient (Wildman–Crippen LogP) is 4.74. The van der Waals surface area contributed by atoms with Crippen molar-refractivity contribution in [2.24, 2.45) is 5.92 Å². The molecule has 3 fully saturated rings. The molecule has 0 spiro atoms. The van der Waals surface area contributed by atoms with Crippen molar-refractivity contribution in [3.8, 4) is 10.9 Å². The van der Waals surface area contributed by atoms with Gasteiger partial charge in [0.1, 0.15) is 11.4 Å². The van der Waals surface area contributed by atoms with Crippen molar-refractivity contribution < 1.29 is 19.1 Å². The standard InChI is InChI=1S/C28H32N4O4S/c1-28(2,3)36-27(34)31-14-19(15-31)25(33)32-17-20-12-21(32)16-30(20)13-18-8-10-22(11-9-18)35-26-29-23-6-4-5-7-24(23)37-26/h4-11,19-21H,12-17H2,1-3H3. The molecule has 2 unspecified atom stereocenters. The van der Waals surface area contributed by atoms with E-state index in [1.807, 2.05) is 62.1 Å². The smallest absolute Gasteiger partial charge is 0.410 e. The fourth-order valence-electron chi connectivity index (χ4n) is 5.45. The number of rotatable bonds is 5. The van der Waals surface area contributed by atoms with Crippen molar-refractivity contribution in [3.63, 3.8) is 0 Å². The molecule has 0 N–H and O–H groups in total. The second kappa shape index (κ2) is 9.29. The summed E-state index contributed by atoms with van der Waals surface area (Å²) in [5, 5.41) is 0.649. The number of carbonyl (C=O) groups is 2. The van der Waals surface area contributed by atoms with Gasteiger partial charge in [0.15, 0.2) is 0 Å². The van der Waals surface area contributed by atoms with Crippen LogP contribution in [0.1, 0.15) is 32.8 Å². The first-order valence-electron chi connectivity index (χ1n) is 12.9. The number of benzene rings is 2. The van der Waals surface area contributed by atoms with E-state index >= 15 is 0 Å². The van der Waals surface area contributed by atoms with Gasteiger partial charge in [-0.15, -0.1) is 0 Å². The summed E-state index contributed by atoms with van der Waals surface area (Å²) in [6.45, 7) is 8.99. The summed E-state index contributed by atoms with van der Waals surface area (Å²) in [6, 6.07) is 16.9. The first-order chi connectivity index (χ1) is 17.7. The zero-order chi connectivity index (χ0) is 25.7. The first kappa shape index (κ1) is 24.2. The molecule has 6 rings (SSSR count). The van der Waals surface area contributed by atoms with Crippen LogP contribution in [0, 0.1) is 5.92 Å². The van der Waals surface area contributed by atoms with Crippen LogP contribution in [0.4, 0.5) is 4.79 Å². The number of carbonyl (C=O) groups excluding carboxylic acids is 2. The number of para-hydroxylation sites is 1. The van der Waals surface area contributed by atoms with Crippen molar-refractivity contribution in [2.45, 2.75) is 51.4 Å². The lowest BCUT2D eigenvalue weighted by Gasteiger charge is -2.42. The minimum Gasteiger partial charge on any atom is -0.444 e. The molecule has 3 aliphatic rings. The number of hydrogen-bond donors (Lipinski definition) is 0. The third-order valence-electron chi connectivity index (χ3n) is 7.31. The quantitative estimate of drug-likeness (QED) is 0.484. The molecule has 2 atom stereocenters. The summed E-state index contributed by atoms with van der Waals surface area (Å²) in [4.78, 5) is 36.0. The van der Waals surface area contributed by atoms with Crippen LogP contribution in [0.15, 0.2) is 48.5 Å². The van der Waals surface area contributed by atoms with Gasteiger partial charge < -0.3 is 19.3 Å². The Morgan fingerprint density at radius 1 is 1.00 bits per heavy atom. The third kappa shape index (κ3) is 5.02. The highest BCUT2D eigenvalue weighted by Crippen LogP contribution is 2.35. The number of aromatic nitrogens is 1. The number of nitrogens with zero attached hydrogens (tertiary/aromatic N) is 4. The van der Waals surface area contributed by atoms with E-state index in [1.165, 1.54) is 5.56 Å². The van der Waals surface area contributed by atoms with Crippen LogP contribution < -0.4 is 4.74 Å². The zero-order valence-corrected chi connectivity index (χ0v) is 22.2. The van der Waals surface area contributed by atoms with E-state index in [4.69, 9.17) is 9.47 Å². The highest BCUT2D eigenvalue weighted by molar-refractivity contribution is 7.20. The van der Waals surface area contributed by atoms with E-state index in [9.17, 15) is 9.59 Å². The number of piperazine rings is 1. The zero-order valence-electron chi connectivity index (χ0n) is 21.4. The van der Waals surface area contributed by atoms with Gasteiger partial charge in [-0.3, -0.25) is 9.69 Å². The lowest BCUT2D eigenvalue weighted by molar-refractivity contribution is -0.143. The molecule has 0 saturated carbocycles. The van der Waals surface area contributed by atoms with Crippen molar-refractivity contribution in [2.75, 3.05) is 26.2 Å².